The average molecular weight is 466 g/mol. The van der Waals surface area contributed by atoms with Crippen molar-refractivity contribution in [2.45, 2.75) is 12.7 Å². The van der Waals surface area contributed by atoms with Crippen LogP contribution in [-0.2, 0) is 12.7 Å². The molecule has 3 aromatic rings. The minimum absolute atomic E-state index is 0.00483. The van der Waals surface area contributed by atoms with Crippen LogP contribution in [0.2, 0.25) is 0 Å². The number of methoxy groups -OCH3 is 1. The maximum atomic E-state index is 13.6. The number of hydrogen-bond acceptors (Lipinski definition) is 3. The molecule has 1 aromatic heterocycles. The number of imidazole rings is 1. The summed E-state index contributed by atoms with van der Waals surface area (Å²) < 4.78 is 47.7. The van der Waals surface area contributed by atoms with Crippen LogP contribution >= 0.6 is 15.9 Å². The lowest BCUT2D eigenvalue weighted by Crippen LogP contribution is -2.41. The minimum Gasteiger partial charge on any atom is -0.497 e. The third-order valence-electron chi connectivity index (χ3n) is 4.72. The first-order valence-corrected chi connectivity index (χ1v) is 9.48. The van der Waals surface area contributed by atoms with Gasteiger partial charge in [-0.15, -0.1) is 0 Å². The molecule has 29 heavy (non-hydrogen) atoms. The number of ether oxygens (including phenoxy) is 1. The maximum absolute atomic E-state index is 13.6. The third kappa shape index (κ3) is 3.50. The summed E-state index contributed by atoms with van der Waals surface area (Å²) in [5.74, 6) is -1.03. The van der Waals surface area contributed by atoms with Crippen molar-refractivity contribution in [2.24, 2.45) is 0 Å². The molecule has 0 fully saturated rings. The predicted molar refractivity (Wildman–Crippen MR) is 105 cm³/mol. The van der Waals surface area contributed by atoms with Crippen molar-refractivity contribution in [3.8, 4) is 17.0 Å². The van der Waals surface area contributed by atoms with E-state index in [9.17, 15) is 18.0 Å². The molecule has 1 aliphatic heterocycles. The van der Waals surface area contributed by atoms with Crippen LogP contribution in [0.1, 0.15) is 16.3 Å². The molecule has 0 saturated heterocycles. The molecule has 5 nitrogen and oxygen atoms in total. The van der Waals surface area contributed by atoms with Crippen LogP contribution in [0.4, 0.5) is 18.9 Å². The first-order chi connectivity index (χ1) is 13.8. The van der Waals surface area contributed by atoms with Gasteiger partial charge in [0, 0.05) is 28.8 Å². The number of halogens is 4. The second kappa shape index (κ2) is 7.22. The van der Waals surface area contributed by atoms with E-state index < -0.39 is 17.9 Å². The largest absolute Gasteiger partial charge is 0.497 e. The predicted octanol–water partition coefficient (Wildman–Crippen LogP) is 5.00. The third-order valence-corrected chi connectivity index (χ3v) is 5.25. The Hall–Kier alpha value is -2.81. The quantitative estimate of drug-likeness (QED) is 0.546. The lowest BCUT2D eigenvalue weighted by atomic mass is 10.1. The Kier molecular flexibility index (Phi) is 4.85. The summed E-state index contributed by atoms with van der Waals surface area (Å²) in [7, 11) is 1.49. The summed E-state index contributed by atoms with van der Waals surface area (Å²) in [5, 5.41) is 0. The fraction of sp³-hybridized carbons (Fsp3) is 0.200. The topological polar surface area (TPSA) is 47.4 Å². The number of nitrogens with zero attached hydrogens (tertiary/aromatic N) is 3. The highest BCUT2D eigenvalue weighted by molar-refractivity contribution is 9.10. The summed E-state index contributed by atoms with van der Waals surface area (Å²) in [5.41, 5.74) is 0.958. The number of rotatable bonds is 3. The number of benzene rings is 2. The Morgan fingerprint density at radius 3 is 2.28 bits per heavy atom. The number of carbonyl (C=O) groups is 1. The van der Waals surface area contributed by atoms with Crippen molar-refractivity contribution in [3.63, 3.8) is 0 Å². The van der Waals surface area contributed by atoms with Crippen molar-refractivity contribution in [1.82, 2.24) is 9.55 Å². The number of amides is 1. The Morgan fingerprint density at radius 2 is 1.69 bits per heavy atom. The summed E-state index contributed by atoms with van der Waals surface area (Å²) in [4.78, 5) is 18.5. The molecule has 150 valence electrons. The van der Waals surface area contributed by atoms with E-state index >= 15 is 0 Å². The van der Waals surface area contributed by atoms with Gasteiger partial charge in [0.1, 0.15) is 17.1 Å². The maximum Gasteiger partial charge on any atom is 0.449 e. The molecule has 0 bridgehead atoms. The number of hydrogen-bond donors (Lipinski definition) is 0. The summed E-state index contributed by atoms with van der Waals surface area (Å²) >= 11 is 3.34. The van der Waals surface area contributed by atoms with Crippen molar-refractivity contribution in [1.29, 1.82) is 0 Å². The molecule has 2 aromatic carbocycles. The number of alkyl halides is 3. The summed E-state index contributed by atoms with van der Waals surface area (Å²) in [6.45, 7) is 0.115. The zero-order chi connectivity index (χ0) is 20.8. The Morgan fingerprint density at radius 1 is 1.03 bits per heavy atom. The van der Waals surface area contributed by atoms with Gasteiger partial charge in [0.15, 0.2) is 0 Å². The van der Waals surface area contributed by atoms with Crippen LogP contribution in [0, 0.1) is 0 Å². The molecular weight excluding hydrogens is 451 g/mol. The van der Waals surface area contributed by atoms with Gasteiger partial charge in [0.25, 0.3) is 5.91 Å². The number of carbonyl (C=O) groups excluding carboxylic acids is 1. The Labute approximate surface area is 172 Å². The van der Waals surface area contributed by atoms with E-state index in [-0.39, 0.29) is 24.5 Å². The van der Waals surface area contributed by atoms with Gasteiger partial charge in [-0.2, -0.15) is 13.2 Å². The number of aromatic nitrogens is 2. The smallest absolute Gasteiger partial charge is 0.449 e. The van der Waals surface area contributed by atoms with Gasteiger partial charge in [0.2, 0.25) is 5.82 Å². The van der Waals surface area contributed by atoms with Gasteiger partial charge >= 0.3 is 6.18 Å². The normalized spacial score (nSPS) is 14.1. The molecule has 2 heterocycles. The van der Waals surface area contributed by atoms with E-state index in [1.807, 2.05) is 0 Å². The molecule has 0 aliphatic carbocycles. The van der Waals surface area contributed by atoms with Crippen molar-refractivity contribution < 1.29 is 22.7 Å². The Bertz CT molecular complexity index is 1060. The van der Waals surface area contributed by atoms with Crippen molar-refractivity contribution >= 4 is 27.5 Å². The van der Waals surface area contributed by atoms with Crippen LogP contribution in [0.5, 0.6) is 5.75 Å². The van der Waals surface area contributed by atoms with Gasteiger partial charge in [-0.3, -0.25) is 4.79 Å². The lowest BCUT2D eigenvalue weighted by molar-refractivity contribution is -0.147. The van der Waals surface area contributed by atoms with Crippen LogP contribution in [0.25, 0.3) is 11.3 Å². The fourth-order valence-corrected chi connectivity index (χ4v) is 3.62. The minimum atomic E-state index is -4.67. The van der Waals surface area contributed by atoms with Crippen molar-refractivity contribution in [2.75, 3.05) is 18.6 Å². The molecule has 0 radical (unpaired) electrons. The first-order valence-electron chi connectivity index (χ1n) is 8.69. The summed E-state index contributed by atoms with van der Waals surface area (Å²) in [6.07, 6.45) is -4.67. The zero-order valence-electron chi connectivity index (χ0n) is 15.2. The fourth-order valence-electron chi connectivity index (χ4n) is 3.35. The second-order valence-electron chi connectivity index (χ2n) is 6.44. The summed E-state index contributed by atoms with van der Waals surface area (Å²) in [6, 6.07) is 13.5. The van der Waals surface area contributed by atoms with E-state index in [0.717, 1.165) is 9.04 Å². The monoisotopic (exact) mass is 465 g/mol. The molecule has 4 rings (SSSR count). The van der Waals surface area contributed by atoms with E-state index in [4.69, 9.17) is 4.74 Å². The molecule has 0 unspecified atom stereocenters. The molecule has 0 atom stereocenters. The van der Waals surface area contributed by atoms with Crippen LogP contribution in [0.3, 0.4) is 0 Å². The van der Waals surface area contributed by atoms with E-state index in [2.05, 4.69) is 20.9 Å². The standard InChI is InChI=1S/C20H15BrF3N3O2/c1-29-15-8-2-12(3-9-15)16-17-18(28)26(14-6-4-13(21)5-7-14)10-11-27(17)19(25-16)20(22,23)24/h2-9H,10-11H2,1H3. The highest BCUT2D eigenvalue weighted by Crippen LogP contribution is 2.37. The molecule has 0 saturated carbocycles. The highest BCUT2D eigenvalue weighted by Gasteiger charge is 2.42. The average Bonchev–Trinajstić information content (AvgIpc) is 3.10. The van der Waals surface area contributed by atoms with Gasteiger partial charge in [-0.1, -0.05) is 15.9 Å². The molecule has 0 N–H and O–H groups in total. The van der Waals surface area contributed by atoms with Gasteiger partial charge in [-0.25, -0.2) is 4.98 Å². The van der Waals surface area contributed by atoms with Gasteiger partial charge in [-0.05, 0) is 48.5 Å². The molecule has 1 aliphatic rings. The lowest BCUT2D eigenvalue weighted by Gasteiger charge is -2.29. The van der Waals surface area contributed by atoms with Gasteiger partial charge in [0.05, 0.1) is 7.11 Å². The van der Waals surface area contributed by atoms with Crippen LogP contribution < -0.4 is 9.64 Å². The SMILES string of the molecule is COc1ccc(-c2nc(C(F)(F)F)n3c2C(=O)N(c2ccc(Br)cc2)CC3)cc1. The highest BCUT2D eigenvalue weighted by atomic mass is 79.9. The second-order valence-corrected chi connectivity index (χ2v) is 7.36. The van der Waals surface area contributed by atoms with Crippen LogP contribution in [-0.4, -0.2) is 29.1 Å². The van der Waals surface area contributed by atoms with Crippen LogP contribution in [0.15, 0.2) is 53.0 Å². The number of fused-ring (bicyclic) bond motifs is 1. The molecule has 0 spiro atoms. The molecule has 1 amide bonds. The van der Waals surface area contributed by atoms with Gasteiger partial charge < -0.3 is 14.2 Å². The molecule has 9 heteroatoms. The zero-order valence-corrected chi connectivity index (χ0v) is 16.8. The van der Waals surface area contributed by atoms with E-state index in [1.165, 1.54) is 12.0 Å². The van der Waals surface area contributed by atoms with E-state index in [1.54, 1.807) is 48.5 Å². The number of anilines is 1. The Balaban J connectivity index is 1.85. The molecular formula is C20H15BrF3N3O2. The van der Waals surface area contributed by atoms with E-state index in [0.29, 0.717) is 17.0 Å². The van der Waals surface area contributed by atoms with Crippen molar-refractivity contribution in [3.05, 3.63) is 64.5 Å². The first kappa shape index (κ1) is 19.5.